The smallest absolute Gasteiger partial charge is 0.324 e. The summed E-state index contributed by atoms with van der Waals surface area (Å²) in [7, 11) is 0. The molecule has 76 valence electrons. The second-order valence-corrected chi connectivity index (χ2v) is 2.71. The van der Waals surface area contributed by atoms with Gasteiger partial charge in [-0.05, 0) is 12.1 Å². The number of hydrogen-bond acceptors (Lipinski definition) is 3. The molecule has 0 aliphatic carbocycles. The van der Waals surface area contributed by atoms with Crippen LogP contribution in [0.3, 0.4) is 0 Å². The van der Waals surface area contributed by atoms with E-state index in [2.05, 4.69) is 0 Å². The summed E-state index contributed by atoms with van der Waals surface area (Å²) < 4.78 is 17.6. The summed E-state index contributed by atoms with van der Waals surface area (Å²) in [4.78, 5) is 10.3. The van der Waals surface area contributed by atoms with E-state index in [1.54, 1.807) is 0 Å². The van der Waals surface area contributed by atoms with Crippen molar-refractivity contribution in [2.45, 2.75) is 6.04 Å². The highest BCUT2D eigenvalue weighted by Crippen LogP contribution is 2.11. The SMILES string of the molecule is N[C@@H](COc1cccc(F)c1)C(=O)O. The van der Waals surface area contributed by atoms with E-state index in [0.29, 0.717) is 0 Å². The minimum atomic E-state index is -1.15. The minimum absolute atomic E-state index is 0.182. The van der Waals surface area contributed by atoms with Crippen LogP contribution in [0.5, 0.6) is 5.75 Å². The third kappa shape index (κ3) is 3.02. The normalized spacial score (nSPS) is 12.1. The molecule has 14 heavy (non-hydrogen) atoms. The van der Waals surface area contributed by atoms with Crippen LogP contribution in [0.15, 0.2) is 24.3 Å². The summed E-state index contributed by atoms with van der Waals surface area (Å²) >= 11 is 0. The molecule has 4 nitrogen and oxygen atoms in total. The maximum atomic E-state index is 12.6. The van der Waals surface area contributed by atoms with Gasteiger partial charge in [0.25, 0.3) is 0 Å². The molecular formula is C9H10FNO3. The average molecular weight is 199 g/mol. The number of halogens is 1. The van der Waals surface area contributed by atoms with Gasteiger partial charge >= 0.3 is 5.97 Å². The maximum absolute atomic E-state index is 12.6. The third-order valence-corrected chi connectivity index (χ3v) is 1.54. The molecule has 1 aromatic rings. The molecule has 1 aromatic carbocycles. The van der Waals surface area contributed by atoms with Gasteiger partial charge in [0.05, 0.1) is 0 Å². The fraction of sp³-hybridized carbons (Fsp3) is 0.222. The molecule has 0 saturated carbocycles. The van der Waals surface area contributed by atoms with Crippen LogP contribution in [0.1, 0.15) is 0 Å². The molecule has 3 N–H and O–H groups in total. The Kier molecular flexibility index (Phi) is 3.41. The number of hydrogen-bond donors (Lipinski definition) is 2. The first-order valence-corrected chi connectivity index (χ1v) is 3.96. The summed E-state index contributed by atoms with van der Waals surface area (Å²) in [6.45, 7) is -0.182. The number of nitrogens with two attached hydrogens (primary N) is 1. The molecule has 0 aliphatic heterocycles. The summed E-state index contributed by atoms with van der Waals surface area (Å²) in [5.41, 5.74) is 5.18. The van der Waals surface area contributed by atoms with E-state index in [1.165, 1.54) is 18.2 Å². The monoisotopic (exact) mass is 199 g/mol. The first-order valence-electron chi connectivity index (χ1n) is 3.96. The third-order valence-electron chi connectivity index (χ3n) is 1.54. The minimum Gasteiger partial charge on any atom is -0.491 e. The molecule has 1 rings (SSSR count). The zero-order valence-electron chi connectivity index (χ0n) is 7.31. The van der Waals surface area contributed by atoms with Gasteiger partial charge in [0.2, 0.25) is 0 Å². The quantitative estimate of drug-likeness (QED) is 0.745. The van der Waals surface area contributed by atoms with E-state index in [-0.39, 0.29) is 12.4 Å². The van der Waals surface area contributed by atoms with Gasteiger partial charge in [-0.3, -0.25) is 4.79 Å². The topological polar surface area (TPSA) is 72.5 Å². The number of carboxylic acids is 1. The first kappa shape index (κ1) is 10.5. The van der Waals surface area contributed by atoms with Crippen molar-refractivity contribution in [1.82, 2.24) is 0 Å². The van der Waals surface area contributed by atoms with E-state index in [9.17, 15) is 9.18 Å². The van der Waals surface area contributed by atoms with Crippen LogP contribution in [-0.4, -0.2) is 23.7 Å². The molecule has 0 radical (unpaired) electrons. The Bertz CT molecular complexity index is 330. The van der Waals surface area contributed by atoms with Crippen LogP contribution in [0.4, 0.5) is 4.39 Å². The molecule has 0 unspecified atom stereocenters. The van der Waals surface area contributed by atoms with Crippen LogP contribution in [-0.2, 0) is 4.79 Å². The number of rotatable bonds is 4. The van der Waals surface area contributed by atoms with Crippen molar-refractivity contribution < 1.29 is 19.0 Å². The van der Waals surface area contributed by atoms with Gasteiger partial charge < -0.3 is 15.6 Å². The Labute approximate surface area is 80.1 Å². The second kappa shape index (κ2) is 4.57. The predicted octanol–water partition coefficient (Wildman–Crippen LogP) is 0.616. The van der Waals surface area contributed by atoms with Crippen LogP contribution in [0.25, 0.3) is 0 Å². The van der Waals surface area contributed by atoms with Crippen molar-refractivity contribution in [3.63, 3.8) is 0 Å². The Morgan fingerprint density at radius 1 is 1.64 bits per heavy atom. The van der Waals surface area contributed by atoms with Crippen LogP contribution < -0.4 is 10.5 Å². The lowest BCUT2D eigenvalue weighted by Gasteiger charge is -2.08. The van der Waals surface area contributed by atoms with Gasteiger partial charge in [0.15, 0.2) is 0 Å². The molecule has 1 atom stereocenters. The lowest BCUT2D eigenvalue weighted by molar-refractivity contribution is -0.139. The molecule has 0 heterocycles. The van der Waals surface area contributed by atoms with E-state index in [4.69, 9.17) is 15.6 Å². The van der Waals surface area contributed by atoms with Crippen molar-refractivity contribution in [2.75, 3.05) is 6.61 Å². The van der Waals surface area contributed by atoms with Gasteiger partial charge in [0, 0.05) is 6.07 Å². The zero-order valence-corrected chi connectivity index (χ0v) is 7.31. The molecule has 0 amide bonds. The lowest BCUT2D eigenvalue weighted by atomic mass is 10.3. The molecule has 5 heteroatoms. The van der Waals surface area contributed by atoms with Crippen LogP contribution >= 0.6 is 0 Å². The molecule has 0 spiro atoms. The number of carbonyl (C=O) groups is 1. The first-order chi connectivity index (χ1) is 6.59. The van der Waals surface area contributed by atoms with Gasteiger partial charge in [-0.2, -0.15) is 0 Å². The van der Waals surface area contributed by atoms with Gasteiger partial charge in [0.1, 0.15) is 24.2 Å². The van der Waals surface area contributed by atoms with E-state index in [0.717, 1.165) is 6.07 Å². The molecule has 0 fully saturated rings. The average Bonchev–Trinajstić information content (AvgIpc) is 2.14. The fourth-order valence-corrected chi connectivity index (χ4v) is 0.814. The van der Waals surface area contributed by atoms with Crippen molar-refractivity contribution in [1.29, 1.82) is 0 Å². The van der Waals surface area contributed by atoms with Crippen LogP contribution in [0, 0.1) is 5.82 Å². The highest BCUT2D eigenvalue weighted by Gasteiger charge is 2.11. The largest absolute Gasteiger partial charge is 0.491 e. The van der Waals surface area contributed by atoms with Crippen molar-refractivity contribution >= 4 is 5.97 Å². The summed E-state index contributed by atoms with van der Waals surface area (Å²) in [5, 5.41) is 8.44. The lowest BCUT2D eigenvalue weighted by Crippen LogP contribution is -2.36. The molecule has 0 saturated heterocycles. The number of aliphatic carboxylic acids is 1. The van der Waals surface area contributed by atoms with Crippen molar-refractivity contribution in [3.8, 4) is 5.75 Å². The highest BCUT2D eigenvalue weighted by atomic mass is 19.1. The number of ether oxygens (including phenoxy) is 1. The highest BCUT2D eigenvalue weighted by molar-refractivity contribution is 5.73. The van der Waals surface area contributed by atoms with Crippen molar-refractivity contribution in [2.24, 2.45) is 5.73 Å². The van der Waals surface area contributed by atoms with Gasteiger partial charge in [-0.25, -0.2) is 4.39 Å². The Morgan fingerprint density at radius 2 is 2.36 bits per heavy atom. The maximum Gasteiger partial charge on any atom is 0.324 e. The number of carboxylic acid groups (broad SMARTS) is 1. The van der Waals surface area contributed by atoms with Crippen LogP contribution in [0.2, 0.25) is 0 Å². The second-order valence-electron chi connectivity index (χ2n) is 2.71. The molecule has 0 aromatic heterocycles. The van der Waals surface area contributed by atoms with Gasteiger partial charge in [-0.1, -0.05) is 6.07 Å². The molecular weight excluding hydrogens is 189 g/mol. The summed E-state index contributed by atoms with van der Waals surface area (Å²) in [5.74, 6) is -1.32. The standard InChI is InChI=1S/C9H10FNO3/c10-6-2-1-3-7(4-6)14-5-8(11)9(12)13/h1-4,8H,5,11H2,(H,12,13)/t8-/m0/s1. The van der Waals surface area contributed by atoms with Gasteiger partial charge in [-0.15, -0.1) is 0 Å². The zero-order chi connectivity index (χ0) is 10.6. The van der Waals surface area contributed by atoms with E-state index in [1.807, 2.05) is 0 Å². The number of benzene rings is 1. The Morgan fingerprint density at radius 3 is 2.93 bits per heavy atom. The predicted molar refractivity (Wildman–Crippen MR) is 47.5 cm³/mol. The Balaban J connectivity index is 2.49. The van der Waals surface area contributed by atoms with E-state index < -0.39 is 17.8 Å². The fourth-order valence-electron chi connectivity index (χ4n) is 0.814. The summed E-state index contributed by atoms with van der Waals surface area (Å²) in [6.07, 6.45) is 0. The summed E-state index contributed by atoms with van der Waals surface area (Å²) in [6, 6.07) is 4.32. The molecule has 0 bridgehead atoms. The molecule has 0 aliphatic rings. The van der Waals surface area contributed by atoms with Crippen molar-refractivity contribution in [3.05, 3.63) is 30.1 Å². The van der Waals surface area contributed by atoms with E-state index >= 15 is 0 Å². The Hall–Kier alpha value is -1.62.